The minimum Gasteiger partial charge on any atom is -0.484 e. The van der Waals surface area contributed by atoms with Crippen molar-refractivity contribution in [3.63, 3.8) is 0 Å². The molecule has 35 heavy (non-hydrogen) atoms. The summed E-state index contributed by atoms with van der Waals surface area (Å²) in [6.45, 7) is 7.92. The lowest BCUT2D eigenvalue weighted by Crippen LogP contribution is -2.30. The summed E-state index contributed by atoms with van der Waals surface area (Å²) in [6, 6.07) is 16.5. The summed E-state index contributed by atoms with van der Waals surface area (Å²) in [4.78, 5) is 25.3. The van der Waals surface area contributed by atoms with Gasteiger partial charge in [-0.05, 0) is 42.5 Å². The molecule has 9 nitrogen and oxygen atoms in total. The number of rotatable bonds is 7. The van der Waals surface area contributed by atoms with Crippen LogP contribution in [0.25, 0.3) is 35.4 Å². The number of nitrogens with zero attached hydrogens (tertiary/aromatic N) is 4. The lowest BCUT2D eigenvalue weighted by Gasteiger charge is -2.10. The molecule has 0 saturated carbocycles. The van der Waals surface area contributed by atoms with Gasteiger partial charge in [0.1, 0.15) is 11.6 Å². The maximum Gasteiger partial charge on any atom is 0.262 e. The highest BCUT2D eigenvalue weighted by Crippen LogP contribution is 2.22. The van der Waals surface area contributed by atoms with E-state index >= 15 is 0 Å². The Hall–Kier alpha value is -5.05. The molecule has 0 spiro atoms. The predicted molar refractivity (Wildman–Crippen MR) is 136 cm³/mol. The molecule has 2 aromatic carbocycles. The van der Waals surface area contributed by atoms with E-state index in [9.17, 15) is 4.79 Å². The second-order valence-corrected chi connectivity index (χ2v) is 7.72. The van der Waals surface area contributed by atoms with Crippen LogP contribution in [-0.4, -0.2) is 37.7 Å². The van der Waals surface area contributed by atoms with Gasteiger partial charge in [-0.25, -0.2) is 9.97 Å². The number of H-pyrrole nitrogens is 1. The Kier molecular flexibility index (Phi) is 5.87. The van der Waals surface area contributed by atoms with E-state index in [0.717, 1.165) is 16.6 Å². The lowest BCUT2D eigenvalue weighted by molar-refractivity contribution is -0.118. The molecule has 0 aliphatic heterocycles. The average molecular weight is 464 g/mol. The van der Waals surface area contributed by atoms with Crippen LogP contribution in [0.5, 0.6) is 5.75 Å². The van der Waals surface area contributed by atoms with Gasteiger partial charge in [-0.2, -0.15) is 5.10 Å². The number of carbonyl (C=O) groups is 1. The molecule has 0 unspecified atom stereocenters. The van der Waals surface area contributed by atoms with Gasteiger partial charge in [0.2, 0.25) is 0 Å². The van der Waals surface area contributed by atoms with Crippen LogP contribution < -0.4 is 25.9 Å². The summed E-state index contributed by atoms with van der Waals surface area (Å²) in [5.74, 6) is 1.23. The Labute approximate surface area is 200 Å². The number of aromatic amines is 1. The van der Waals surface area contributed by atoms with Crippen molar-refractivity contribution < 1.29 is 9.53 Å². The van der Waals surface area contributed by atoms with E-state index < -0.39 is 0 Å². The molecule has 0 radical (unpaired) electrons. The van der Waals surface area contributed by atoms with Gasteiger partial charge in [0.05, 0.1) is 28.9 Å². The van der Waals surface area contributed by atoms with Gasteiger partial charge in [0, 0.05) is 28.1 Å². The number of nitrogens with one attached hydrogen (secondary N) is 3. The molecular formula is C26H21N7O2. The molecule has 172 valence electrons. The molecule has 1 amide bonds. The average Bonchev–Trinajstić information content (AvgIpc) is 3.34. The van der Waals surface area contributed by atoms with E-state index in [-0.39, 0.29) is 12.5 Å². The van der Waals surface area contributed by atoms with Crippen molar-refractivity contribution in [2.75, 3.05) is 17.2 Å². The highest BCUT2D eigenvalue weighted by molar-refractivity contribution is 5.91. The second kappa shape index (κ2) is 9.44. The maximum absolute atomic E-state index is 12.2. The molecule has 9 heteroatoms. The molecule has 5 rings (SSSR count). The fourth-order valence-corrected chi connectivity index (χ4v) is 3.43. The zero-order chi connectivity index (χ0) is 24.2. The van der Waals surface area contributed by atoms with Crippen LogP contribution >= 0.6 is 0 Å². The Morgan fingerprint density at radius 2 is 1.91 bits per heavy atom. The van der Waals surface area contributed by atoms with Crippen LogP contribution in [0.1, 0.15) is 0 Å². The summed E-state index contributed by atoms with van der Waals surface area (Å²) in [6.07, 6.45) is 4.96. The van der Waals surface area contributed by atoms with E-state index in [2.05, 4.69) is 48.9 Å². The molecule has 3 heterocycles. The van der Waals surface area contributed by atoms with Gasteiger partial charge in [-0.1, -0.05) is 25.3 Å². The van der Waals surface area contributed by atoms with Crippen molar-refractivity contribution in [1.29, 1.82) is 0 Å². The first-order valence-electron chi connectivity index (χ1n) is 10.7. The minimum absolute atomic E-state index is 0.152. The molecule has 0 aliphatic carbocycles. The van der Waals surface area contributed by atoms with E-state index in [4.69, 9.17) is 4.74 Å². The van der Waals surface area contributed by atoms with Crippen LogP contribution in [-0.2, 0) is 4.79 Å². The zero-order valence-corrected chi connectivity index (χ0v) is 18.7. The molecular weight excluding hydrogens is 442 g/mol. The molecule has 0 fully saturated rings. The number of hydrogen-bond donors (Lipinski definition) is 3. The fraction of sp³-hybridized carbons (Fsp3) is 0.0385. The van der Waals surface area contributed by atoms with Gasteiger partial charge in [-0.15, -0.1) is 0 Å². The van der Waals surface area contributed by atoms with E-state index in [1.807, 2.05) is 30.3 Å². The highest BCUT2D eigenvalue weighted by Gasteiger charge is 2.09. The summed E-state index contributed by atoms with van der Waals surface area (Å²) < 4.78 is 5.67. The Bertz CT molecular complexity index is 1620. The van der Waals surface area contributed by atoms with Crippen molar-refractivity contribution in [1.82, 2.24) is 25.1 Å². The van der Waals surface area contributed by atoms with Gasteiger partial charge in [0.15, 0.2) is 12.4 Å². The molecule has 0 aliphatic rings. The van der Waals surface area contributed by atoms with E-state index in [1.54, 1.807) is 42.9 Å². The maximum atomic E-state index is 12.2. The Morgan fingerprint density at radius 3 is 2.77 bits per heavy atom. The third-order valence-electron chi connectivity index (χ3n) is 5.20. The number of benzene rings is 2. The predicted octanol–water partition coefficient (Wildman–Crippen LogP) is 3.00. The number of anilines is 3. The van der Waals surface area contributed by atoms with Crippen molar-refractivity contribution in [3.05, 3.63) is 83.8 Å². The van der Waals surface area contributed by atoms with Gasteiger partial charge >= 0.3 is 0 Å². The SMILES string of the molecule is C=c1nc(-c2cccc(OCC(=O)Nc3cccnc3)c2)nc(Nc2ccc3[nH]ncc3c2)c1=C. The number of pyridine rings is 1. The Balaban J connectivity index is 1.34. The summed E-state index contributed by atoms with van der Waals surface area (Å²) in [5, 5.41) is 15.1. The standard InChI is InChI=1S/C26H21N7O2/c1-16-17(2)29-26(32-25(16)31-20-8-9-23-19(11-20)13-28-33-23)18-5-3-7-22(12-18)35-15-24(34)30-21-6-4-10-27-14-21/h3-14H,1-2,15H2,(H,28,33)(H,30,34)(H,29,31,32). The third kappa shape index (κ3) is 4.98. The number of carbonyl (C=O) groups excluding carboxylic acids is 1. The minimum atomic E-state index is -0.290. The zero-order valence-electron chi connectivity index (χ0n) is 18.7. The number of fused-ring (bicyclic) bond motifs is 1. The van der Waals surface area contributed by atoms with Crippen molar-refractivity contribution in [3.8, 4) is 17.1 Å². The fourth-order valence-electron chi connectivity index (χ4n) is 3.43. The van der Waals surface area contributed by atoms with Crippen molar-refractivity contribution in [2.24, 2.45) is 0 Å². The first kappa shape index (κ1) is 21.8. The highest BCUT2D eigenvalue weighted by atomic mass is 16.5. The van der Waals surface area contributed by atoms with E-state index in [0.29, 0.717) is 39.2 Å². The summed E-state index contributed by atoms with van der Waals surface area (Å²) >= 11 is 0. The van der Waals surface area contributed by atoms with Crippen LogP contribution in [0, 0.1) is 0 Å². The summed E-state index contributed by atoms with van der Waals surface area (Å²) in [5.41, 5.74) is 3.10. The van der Waals surface area contributed by atoms with Gasteiger partial charge in [-0.3, -0.25) is 14.9 Å². The normalized spacial score (nSPS) is 10.7. The quantitative estimate of drug-likeness (QED) is 0.340. The summed E-state index contributed by atoms with van der Waals surface area (Å²) in [7, 11) is 0. The van der Waals surface area contributed by atoms with Gasteiger partial charge < -0.3 is 15.4 Å². The monoisotopic (exact) mass is 463 g/mol. The van der Waals surface area contributed by atoms with E-state index in [1.165, 1.54) is 0 Å². The van der Waals surface area contributed by atoms with Crippen LogP contribution in [0.4, 0.5) is 17.2 Å². The topological polar surface area (TPSA) is 118 Å². The first-order chi connectivity index (χ1) is 17.0. The molecule has 0 atom stereocenters. The van der Waals surface area contributed by atoms with Crippen LogP contribution in [0.3, 0.4) is 0 Å². The second-order valence-electron chi connectivity index (χ2n) is 7.72. The number of aromatic nitrogens is 5. The lowest BCUT2D eigenvalue weighted by atomic mass is 10.2. The Morgan fingerprint density at radius 1 is 1.00 bits per heavy atom. The molecule has 3 N–H and O–H groups in total. The van der Waals surface area contributed by atoms with Gasteiger partial charge in [0.25, 0.3) is 5.91 Å². The number of amides is 1. The first-order valence-corrected chi connectivity index (χ1v) is 10.7. The van der Waals surface area contributed by atoms with Crippen LogP contribution in [0.15, 0.2) is 73.2 Å². The van der Waals surface area contributed by atoms with Crippen LogP contribution in [0.2, 0.25) is 0 Å². The van der Waals surface area contributed by atoms with Crippen molar-refractivity contribution in [2.45, 2.75) is 0 Å². The molecule has 3 aromatic heterocycles. The smallest absolute Gasteiger partial charge is 0.262 e. The molecule has 5 aromatic rings. The molecule has 0 bridgehead atoms. The number of ether oxygens (including phenoxy) is 1. The molecule has 0 saturated heterocycles. The van der Waals surface area contributed by atoms with Crippen molar-refractivity contribution >= 4 is 47.2 Å². The largest absolute Gasteiger partial charge is 0.484 e. The number of hydrogen-bond acceptors (Lipinski definition) is 7. The third-order valence-corrected chi connectivity index (χ3v) is 5.20.